The van der Waals surface area contributed by atoms with E-state index in [2.05, 4.69) is 4.98 Å². The van der Waals surface area contributed by atoms with Gasteiger partial charge in [-0.1, -0.05) is 23.7 Å². The molecule has 2 rings (SSSR count). The van der Waals surface area contributed by atoms with Crippen molar-refractivity contribution in [1.29, 1.82) is 0 Å². The number of methoxy groups -OCH3 is 1. The van der Waals surface area contributed by atoms with Crippen molar-refractivity contribution in [2.45, 2.75) is 6.54 Å². The number of hydrogen-bond acceptors (Lipinski definition) is 3. The Morgan fingerprint density at radius 2 is 2.18 bits per heavy atom. The van der Waals surface area contributed by atoms with Gasteiger partial charge in [0, 0.05) is 18.3 Å². The predicted molar refractivity (Wildman–Crippen MR) is 69.1 cm³/mol. The minimum Gasteiger partial charge on any atom is -0.495 e. The summed E-state index contributed by atoms with van der Waals surface area (Å²) in [6.45, 7) is 0.403. The van der Waals surface area contributed by atoms with Crippen LogP contribution in [0.1, 0.15) is 5.69 Å². The zero-order valence-corrected chi connectivity index (χ0v) is 10.2. The summed E-state index contributed by atoms with van der Waals surface area (Å²) >= 11 is 6.10. The second-order valence-corrected chi connectivity index (χ2v) is 3.96. The average molecular weight is 249 g/mol. The molecular weight excluding hydrogens is 236 g/mol. The minimum absolute atomic E-state index is 0.403. The van der Waals surface area contributed by atoms with Crippen LogP contribution in [-0.4, -0.2) is 12.1 Å². The molecule has 0 unspecified atom stereocenters. The fourth-order valence-corrected chi connectivity index (χ4v) is 1.96. The molecule has 0 atom stereocenters. The maximum absolute atomic E-state index is 6.10. The summed E-state index contributed by atoms with van der Waals surface area (Å²) in [7, 11) is 1.59. The molecule has 0 aliphatic heterocycles. The highest BCUT2D eigenvalue weighted by molar-refractivity contribution is 6.32. The molecule has 4 heteroatoms. The molecule has 0 radical (unpaired) electrons. The molecule has 0 saturated heterocycles. The van der Waals surface area contributed by atoms with E-state index in [1.807, 2.05) is 30.3 Å². The third kappa shape index (κ3) is 2.40. The molecular formula is C13H13ClN2O. The largest absolute Gasteiger partial charge is 0.495 e. The fraction of sp³-hybridized carbons (Fsp3) is 0.154. The highest BCUT2D eigenvalue weighted by atomic mass is 35.5. The Hall–Kier alpha value is -1.58. The van der Waals surface area contributed by atoms with Gasteiger partial charge < -0.3 is 10.5 Å². The topological polar surface area (TPSA) is 48.1 Å². The summed E-state index contributed by atoms with van der Waals surface area (Å²) in [6.07, 6.45) is 1.73. The van der Waals surface area contributed by atoms with Crippen molar-refractivity contribution in [1.82, 2.24) is 4.98 Å². The maximum Gasteiger partial charge on any atom is 0.137 e. The van der Waals surface area contributed by atoms with E-state index in [1.165, 1.54) is 0 Å². The van der Waals surface area contributed by atoms with Gasteiger partial charge in [0.15, 0.2) is 0 Å². The summed E-state index contributed by atoms with van der Waals surface area (Å²) in [4.78, 5) is 4.25. The first-order valence-corrected chi connectivity index (χ1v) is 5.62. The smallest absolute Gasteiger partial charge is 0.137 e. The highest BCUT2D eigenvalue weighted by Gasteiger charge is 2.07. The average Bonchev–Trinajstić information content (AvgIpc) is 2.38. The first-order valence-electron chi connectivity index (χ1n) is 5.24. The lowest BCUT2D eigenvalue weighted by molar-refractivity contribution is 0.415. The first-order chi connectivity index (χ1) is 8.26. The molecule has 88 valence electrons. The summed E-state index contributed by atoms with van der Waals surface area (Å²) in [5, 5.41) is 0.580. The van der Waals surface area contributed by atoms with Crippen molar-refractivity contribution in [2.75, 3.05) is 7.11 Å². The molecule has 17 heavy (non-hydrogen) atoms. The number of nitrogens with zero attached hydrogens (tertiary/aromatic N) is 1. The number of rotatable bonds is 3. The van der Waals surface area contributed by atoms with Gasteiger partial charge in [-0.15, -0.1) is 0 Å². The number of benzene rings is 1. The van der Waals surface area contributed by atoms with E-state index < -0.39 is 0 Å². The van der Waals surface area contributed by atoms with Crippen LogP contribution in [0.5, 0.6) is 5.75 Å². The van der Waals surface area contributed by atoms with Crippen molar-refractivity contribution in [3.63, 3.8) is 0 Å². The van der Waals surface area contributed by atoms with Crippen molar-refractivity contribution in [2.24, 2.45) is 5.73 Å². The number of pyridine rings is 1. The van der Waals surface area contributed by atoms with Crippen molar-refractivity contribution < 1.29 is 4.74 Å². The predicted octanol–water partition coefficient (Wildman–Crippen LogP) is 2.87. The van der Waals surface area contributed by atoms with E-state index >= 15 is 0 Å². The molecule has 1 heterocycles. The van der Waals surface area contributed by atoms with E-state index in [9.17, 15) is 0 Å². The normalized spacial score (nSPS) is 10.3. The Labute approximate surface area is 105 Å². The zero-order chi connectivity index (χ0) is 12.3. The maximum atomic E-state index is 6.10. The molecule has 0 aliphatic rings. The molecule has 1 aromatic carbocycles. The van der Waals surface area contributed by atoms with E-state index in [0.717, 1.165) is 16.8 Å². The second kappa shape index (κ2) is 5.17. The van der Waals surface area contributed by atoms with Crippen molar-refractivity contribution in [3.8, 4) is 16.9 Å². The van der Waals surface area contributed by atoms with E-state index in [0.29, 0.717) is 17.3 Å². The molecule has 0 saturated carbocycles. The molecule has 0 fully saturated rings. The van der Waals surface area contributed by atoms with Crippen LogP contribution in [0.2, 0.25) is 5.02 Å². The van der Waals surface area contributed by atoms with Crippen LogP contribution in [0, 0.1) is 0 Å². The third-order valence-electron chi connectivity index (χ3n) is 2.55. The molecule has 0 aliphatic carbocycles. The molecule has 0 amide bonds. The number of hydrogen-bond donors (Lipinski definition) is 1. The van der Waals surface area contributed by atoms with Gasteiger partial charge in [0.2, 0.25) is 0 Å². The Kier molecular flexibility index (Phi) is 3.61. The van der Waals surface area contributed by atoms with Crippen molar-refractivity contribution in [3.05, 3.63) is 47.2 Å². The van der Waals surface area contributed by atoms with Gasteiger partial charge in [-0.25, -0.2) is 0 Å². The third-order valence-corrected chi connectivity index (χ3v) is 2.84. The van der Waals surface area contributed by atoms with E-state index in [1.54, 1.807) is 13.3 Å². The number of nitrogens with two attached hydrogens (primary N) is 1. The van der Waals surface area contributed by atoms with E-state index in [4.69, 9.17) is 22.1 Å². The quantitative estimate of drug-likeness (QED) is 0.909. The van der Waals surface area contributed by atoms with Crippen LogP contribution < -0.4 is 10.5 Å². The molecule has 0 bridgehead atoms. The summed E-state index contributed by atoms with van der Waals surface area (Å²) in [6, 6.07) is 9.50. The number of aromatic nitrogens is 1. The van der Waals surface area contributed by atoms with Crippen LogP contribution in [0.15, 0.2) is 36.5 Å². The van der Waals surface area contributed by atoms with Crippen LogP contribution in [-0.2, 0) is 6.54 Å². The van der Waals surface area contributed by atoms with Crippen LogP contribution in [0.3, 0.4) is 0 Å². The first kappa shape index (κ1) is 11.9. The lowest BCUT2D eigenvalue weighted by Gasteiger charge is -2.09. The van der Waals surface area contributed by atoms with Gasteiger partial charge in [-0.05, 0) is 23.8 Å². The van der Waals surface area contributed by atoms with Gasteiger partial charge >= 0.3 is 0 Å². The standard InChI is InChI=1S/C13H13ClN2O/c1-17-13-5-4-9(7-11(13)14)10-3-2-6-16-12(10)8-15/h2-7H,8,15H2,1H3. The summed E-state index contributed by atoms with van der Waals surface area (Å²) < 4.78 is 5.12. The minimum atomic E-state index is 0.403. The van der Waals surface area contributed by atoms with Crippen molar-refractivity contribution >= 4 is 11.6 Å². The molecule has 2 aromatic rings. The molecule has 3 nitrogen and oxygen atoms in total. The van der Waals surface area contributed by atoms with Gasteiger partial charge in [0.05, 0.1) is 17.8 Å². The van der Waals surface area contributed by atoms with Gasteiger partial charge in [-0.3, -0.25) is 4.98 Å². The lowest BCUT2D eigenvalue weighted by atomic mass is 10.0. The van der Waals surface area contributed by atoms with Crippen LogP contribution >= 0.6 is 11.6 Å². The zero-order valence-electron chi connectivity index (χ0n) is 9.48. The molecule has 2 N–H and O–H groups in total. The van der Waals surface area contributed by atoms with Gasteiger partial charge in [0.25, 0.3) is 0 Å². The highest BCUT2D eigenvalue weighted by Crippen LogP contribution is 2.31. The van der Waals surface area contributed by atoms with Crippen LogP contribution in [0.25, 0.3) is 11.1 Å². The SMILES string of the molecule is COc1ccc(-c2cccnc2CN)cc1Cl. The number of ether oxygens (including phenoxy) is 1. The number of halogens is 1. The molecule has 0 spiro atoms. The Bertz CT molecular complexity index is 529. The monoisotopic (exact) mass is 248 g/mol. The second-order valence-electron chi connectivity index (χ2n) is 3.55. The Morgan fingerprint density at radius 1 is 1.35 bits per heavy atom. The van der Waals surface area contributed by atoms with E-state index in [-0.39, 0.29) is 0 Å². The molecule has 1 aromatic heterocycles. The fourth-order valence-electron chi connectivity index (χ4n) is 1.70. The Balaban J connectivity index is 2.49. The summed E-state index contributed by atoms with van der Waals surface area (Å²) in [5.41, 5.74) is 8.51. The Morgan fingerprint density at radius 3 is 2.82 bits per heavy atom. The summed E-state index contributed by atoms with van der Waals surface area (Å²) in [5.74, 6) is 0.661. The van der Waals surface area contributed by atoms with Gasteiger partial charge in [-0.2, -0.15) is 0 Å². The van der Waals surface area contributed by atoms with Crippen LogP contribution in [0.4, 0.5) is 0 Å². The lowest BCUT2D eigenvalue weighted by Crippen LogP contribution is -2.01. The van der Waals surface area contributed by atoms with Gasteiger partial charge in [0.1, 0.15) is 5.75 Å².